The van der Waals surface area contributed by atoms with Crippen LogP contribution in [-0.2, 0) is 0 Å². The second-order valence-corrected chi connectivity index (χ2v) is 9.54. The molecule has 1 aromatic carbocycles. The highest BCUT2D eigenvalue weighted by Gasteiger charge is 2.38. The summed E-state index contributed by atoms with van der Waals surface area (Å²) in [7, 11) is 0. The van der Waals surface area contributed by atoms with Crippen LogP contribution in [-0.4, -0.2) is 25.9 Å². The topological polar surface area (TPSA) is 59.8 Å². The van der Waals surface area contributed by atoms with Gasteiger partial charge in [-0.1, -0.05) is 35.5 Å². The van der Waals surface area contributed by atoms with Crippen LogP contribution in [0.3, 0.4) is 0 Å². The maximum Gasteiger partial charge on any atom is 0.210 e. The van der Waals surface area contributed by atoms with Gasteiger partial charge in [-0.25, -0.2) is 4.68 Å². The summed E-state index contributed by atoms with van der Waals surface area (Å²) >= 11 is 12.3. The second kappa shape index (κ2) is 6.75. The molecule has 0 bridgehead atoms. The average Bonchev–Trinajstić information content (AvgIpc) is 3.20. The lowest BCUT2D eigenvalue weighted by Gasteiger charge is -2.32. The van der Waals surface area contributed by atoms with Crippen molar-refractivity contribution in [3.8, 4) is 0 Å². The van der Waals surface area contributed by atoms with Gasteiger partial charge in [0, 0.05) is 5.02 Å². The molecule has 0 saturated carbocycles. The van der Waals surface area contributed by atoms with Gasteiger partial charge in [-0.3, -0.25) is 4.79 Å². The lowest BCUT2D eigenvalue weighted by Crippen LogP contribution is -2.38. The Morgan fingerprint density at radius 3 is 2.68 bits per heavy atom. The number of benzene rings is 1. The van der Waals surface area contributed by atoms with Gasteiger partial charge in [0.15, 0.2) is 5.78 Å². The van der Waals surface area contributed by atoms with E-state index in [1.807, 2.05) is 48.0 Å². The zero-order valence-corrected chi connectivity index (χ0v) is 16.9. The van der Waals surface area contributed by atoms with Crippen molar-refractivity contribution < 1.29 is 4.79 Å². The normalized spacial score (nSPS) is 19.3. The molecule has 0 aliphatic carbocycles. The van der Waals surface area contributed by atoms with Crippen LogP contribution in [0.2, 0.25) is 5.02 Å². The van der Waals surface area contributed by atoms with Crippen LogP contribution < -0.4 is 5.43 Å². The van der Waals surface area contributed by atoms with E-state index in [1.165, 1.54) is 23.1 Å². The van der Waals surface area contributed by atoms with Crippen LogP contribution in [0.15, 0.2) is 45.3 Å². The number of thiophene rings is 1. The summed E-state index contributed by atoms with van der Waals surface area (Å²) in [5.41, 5.74) is 4.38. The Bertz CT molecular complexity index is 940. The average molecular weight is 456 g/mol. The maximum atomic E-state index is 13.1. The Hall–Kier alpha value is -1.35. The first-order valence-corrected chi connectivity index (χ1v) is 10.3. The van der Waals surface area contributed by atoms with Crippen molar-refractivity contribution in [1.82, 2.24) is 14.9 Å². The molecule has 4 rings (SSSR count). The molecule has 5 nitrogen and oxygen atoms in total. The minimum Gasteiger partial charge on any atom is -0.313 e. The van der Waals surface area contributed by atoms with Gasteiger partial charge in [-0.2, -0.15) is 0 Å². The molecule has 3 aromatic rings. The molecule has 9 heteroatoms. The van der Waals surface area contributed by atoms with Crippen molar-refractivity contribution >= 4 is 56.4 Å². The Morgan fingerprint density at radius 1 is 1.24 bits per heavy atom. The van der Waals surface area contributed by atoms with Crippen LogP contribution in [0, 0.1) is 6.92 Å². The summed E-state index contributed by atoms with van der Waals surface area (Å²) in [5, 5.41) is 9.28. The molecule has 1 aliphatic rings. The van der Waals surface area contributed by atoms with Crippen molar-refractivity contribution in [2.75, 3.05) is 5.43 Å². The highest BCUT2D eigenvalue weighted by Crippen LogP contribution is 2.40. The number of aromatic nitrogens is 3. The first kappa shape index (κ1) is 17.1. The first-order chi connectivity index (χ1) is 12.0. The number of nitrogens with one attached hydrogen (secondary N) is 1. The van der Waals surface area contributed by atoms with Crippen molar-refractivity contribution in [3.05, 3.63) is 61.5 Å². The lowest BCUT2D eigenvalue weighted by molar-refractivity contribution is 0.0984. The molecule has 3 heterocycles. The van der Waals surface area contributed by atoms with Crippen molar-refractivity contribution in [3.63, 3.8) is 0 Å². The van der Waals surface area contributed by atoms with Gasteiger partial charge in [-0.05, 0) is 52.7 Å². The number of halogens is 2. The fraction of sp³-hybridized carbons (Fsp3) is 0.188. The van der Waals surface area contributed by atoms with Gasteiger partial charge in [-0.15, -0.1) is 21.5 Å². The summed E-state index contributed by atoms with van der Waals surface area (Å²) in [4.78, 5) is 13.8. The first-order valence-electron chi connectivity index (χ1n) is 7.43. The number of nitrogens with zero attached hydrogens (tertiary/aromatic N) is 3. The smallest absolute Gasteiger partial charge is 0.210 e. The minimum atomic E-state index is -0.345. The molecule has 25 heavy (non-hydrogen) atoms. The fourth-order valence-electron chi connectivity index (χ4n) is 2.67. The van der Waals surface area contributed by atoms with Gasteiger partial charge in [0.05, 0.1) is 14.7 Å². The Balaban J connectivity index is 1.75. The fourth-order valence-corrected chi connectivity index (χ4v) is 5.43. The zero-order valence-electron chi connectivity index (χ0n) is 12.9. The monoisotopic (exact) mass is 454 g/mol. The van der Waals surface area contributed by atoms with E-state index in [-0.39, 0.29) is 17.1 Å². The number of fused-ring (bicyclic) bond motifs is 1. The van der Waals surface area contributed by atoms with Crippen LogP contribution in [0.4, 0.5) is 0 Å². The summed E-state index contributed by atoms with van der Waals surface area (Å²) in [5.74, 6) is 0.825. The van der Waals surface area contributed by atoms with Crippen LogP contribution in [0.5, 0.6) is 0 Å². The molecule has 0 unspecified atom stereocenters. The largest absolute Gasteiger partial charge is 0.313 e. The Labute approximate surface area is 165 Å². The van der Waals surface area contributed by atoms with Gasteiger partial charge < -0.3 is 5.43 Å². The highest BCUT2D eigenvalue weighted by atomic mass is 79.9. The van der Waals surface area contributed by atoms with Crippen LogP contribution >= 0.6 is 50.6 Å². The third kappa shape index (κ3) is 3.23. The van der Waals surface area contributed by atoms with Crippen molar-refractivity contribution in [2.45, 2.75) is 23.4 Å². The molecular weight excluding hydrogens is 444 g/mol. The third-order valence-electron chi connectivity index (χ3n) is 3.90. The summed E-state index contributed by atoms with van der Waals surface area (Å²) in [6.45, 7) is 1.88. The van der Waals surface area contributed by atoms with Crippen LogP contribution in [0.25, 0.3) is 0 Å². The molecule has 1 N–H and O–H groups in total. The Morgan fingerprint density at radius 2 is 2.00 bits per heavy atom. The Kier molecular flexibility index (Phi) is 4.61. The molecule has 0 spiro atoms. The molecule has 0 amide bonds. The highest BCUT2D eigenvalue weighted by molar-refractivity contribution is 9.11. The van der Waals surface area contributed by atoms with E-state index in [1.54, 1.807) is 0 Å². The van der Waals surface area contributed by atoms with Crippen molar-refractivity contribution in [2.24, 2.45) is 0 Å². The van der Waals surface area contributed by atoms with E-state index in [2.05, 4.69) is 31.6 Å². The van der Waals surface area contributed by atoms with Gasteiger partial charge in [0.2, 0.25) is 5.16 Å². The van der Waals surface area contributed by atoms with Gasteiger partial charge in [0.1, 0.15) is 11.1 Å². The van der Waals surface area contributed by atoms with E-state index in [4.69, 9.17) is 11.6 Å². The number of hydrogen-bond donors (Lipinski definition) is 1. The van der Waals surface area contributed by atoms with E-state index in [9.17, 15) is 4.79 Å². The molecule has 0 fully saturated rings. The third-order valence-corrected chi connectivity index (χ3v) is 7.01. The molecule has 0 saturated heterocycles. The molecule has 1 aliphatic heterocycles. The number of carbonyl (C=O) groups excluding carboxylic acids is 1. The molecule has 2 aromatic heterocycles. The quantitative estimate of drug-likeness (QED) is 0.580. The predicted molar refractivity (Wildman–Crippen MR) is 104 cm³/mol. The van der Waals surface area contributed by atoms with Crippen LogP contribution in [0.1, 0.15) is 27.1 Å². The summed E-state index contributed by atoms with van der Waals surface area (Å²) < 4.78 is 2.77. The predicted octanol–water partition coefficient (Wildman–Crippen LogP) is 4.71. The molecule has 0 radical (unpaired) electrons. The number of rotatable bonds is 3. The number of hydrogen-bond acceptors (Lipinski definition) is 6. The molecule has 2 atom stereocenters. The minimum absolute atomic E-state index is 0.0695. The van der Waals surface area contributed by atoms with E-state index < -0.39 is 0 Å². The van der Waals surface area contributed by atoms with Gasteiger partial charge >= 0.3 is 0 Å². The lowest BCUT2D eigenvalue weighted by atomic mass is 10.0. The summed E-state index contributed by atoms with van der Waals surface area (Å²) in [6, 6.07) is 11.1. The zero-order chi connectivity index (χ0) is 17.6. The second-order valence-electron chi connectivity index (χ2n) is 5.53. The van der Waals surface area contributed by atoms with Crippen molar-refractivity contribution in [1.29, 1.82) is 0 Å². The van der Waals surface area contributed by atoms with Gasteiger partial charge in [0.25, 0.3) is 0 Å². The number of Topliss-reactive ketones (excluding diaryl/α,β-unsaturated/α-hetero) is 1. The molecular formula is C16H12BrClN4OS2. The standard InChI is InChI=1S/C16H12BrClN4OS2/c1-8-19-20-16-22(8)21-13(9-2-4-10(18)5-3-9)15(25-16)14(23)11-6-7-12(17)24-11/h2-7,13,15,21H,1H3/t13-,15+/m1/s1. The number of carbonyl (C=O) groups is 1. The maximum absolute atomic E-state index is 13.1. The number of ketones is 1. The van der Waals surface area contributed by atoms with E-state index in [0.29, 0.717) is 10.2 Å². The summed E-state index contributed by atoms with van der Waals surface area (Å²) in [6.07, 6.45) is 0. The number of thioether (sulfide) groups is 1. The van der Waals surface area contributed by atoms with E-state index >= 15 is 0 Å². The SMILES string of the molecule is Cc1nnc2n1N[C@H](c1ccc(Cl)cc1)[C@@H](C(=O)c1ccc(Br)s1)S2. The number of aryl methyl sites for hydroxylation is 1. The molecule has 128 valence electrons. The van der Waals surface area contributed by atoms with E-state index in [0.717, 1.165) is 20.1 Å².